The molecule has 0 saturated heterocycles. The van der Waals surface area contributed by atoms with Crippen molar-refractivity contribution >= 4 is 28.5 Å². The van der Waals surface area contributed by atoms with Crippen LogP contribution in [-0.2, 0) is 22.7 Å². The number of hydrogen-bond acceptors (Lipinski definition) is 5. The Balaban J connectivity index is 1.50. The molecule has 0 spiro atoms. The summed E-state index contributed by atoms with van der Waals surface area (Å²) in [6.07, 6.45) is 6.68. The van der Waals surface area contributed by atoms with E-state index in [1.54, 1.807) is 28.8 Å². The van der Waals surface area contributed by atoms with Gasteiger partial charge in [0.25, 0.3) is 0 Å². The molecule has 0 aliphatic heterocycles. The fraction of sp³-hybridized carbons (Fsp3) is 0.290. The van der Waals surface area contributed by atoms with Crippen molar-refractivity contribution in [1.82, 2.24) is 19.9 Å². The lowest BCUT2D eigenvalue weighted by molar-refractivity contribution is -0.142. The molecule has 4 aromatic rings. The van der Waals surface area contributed by atoms with Crippen LogP contribution in [0, 0.1) is 12.8 Å². The van der Waals surface area contributed by atoms with E-state index in [0.29, 0.717) is 18.0 Å². The molecule has 2 atom stereocenters. The predicted octanol–water partition coefficient (Wildman–Crippen LogP) is 5.14. The SMILES string of the molecule is COc1ccc(NC(=O)C(C2CC=CCC2)N(Cc2ccccc2C)C(=O)Cn2nnc3ccccc32)cc1. The Morgan fingerprint density at radius 1 is 1.05 bits per heavy atom. The Morgan fingerprint density at radius 3 is 2.56 bits per heavy atom. The summed E-state index contributed by atoms with van der Waals surface area (Å²) in [6.45, 7) is 2.33. The van der Waals surface area contributed by atoms with Gasteiger partial charge in [-0.2, -0.15) is 0 Å². The van der Waals surface area contributed by atoms with Crippen LogP contribution in [0.3, 0.4) is 0 Å². The highest BCUT2D eigenvalue weighted by Gasteiger charge is 2.37. The lowest BCUT2D eigenvalue weighted by Crippen LogP contribution is -2.52. The molecule has 1 heterocycles. The minimum Gasteiger partial charge on any atom is -0.497 e. The molecule has 2 amide bonds. The lowest BCUT2D eigenvalue weighted by Gasteiger charge is -2.37. The fourth-order valence-electron chi connectivity index (χ4n) is 5.17. The number of para-hydroxylation sites is 1. The molecule has 0 radical (unpaired) electrons. The molecule has 2 unspecified atom stereocenters. The number of benzene rings is 3. The van der Waals surface area contributed by atoms with Gasteiger partial charge >= 0.3 is 0 Å². The van der Waals surface area contributed by atoms with Crippen LogP contribution in [-0.4, -0.2) is 44.9 Å². The van der Waals surface area contributed by atoms with Gasteiger partial charge in [0, 0.05) is 12.2 Å². The highest BCUT2D eigenvalue weighted by Crippen LogP contribution is 2.29. The van der Waals surface area contributed by atoms with Gasteiger partial charge < -0.3 is 15.0 Å². The van der Waals surface area contributed by atoms with Crippen molar-refractivity contribution in [3.05, 3.63) is 96.1 Å². The maximum atomic E-state index is 14.1. The molecule has 1 aliphatic rings. The molecule has 1 aliphatic carbocycles. The van der Waals surface area contributed by atoms with Gasteiger partial charge in [0.2, 0.25) is 11.8 Å². The standard InChI is InChI=1S/C31H33N5O3/c1-22-10-6-7-13-24(22)20-35(29(37)21-36-28-15-9-8-14-27(28)33-34-36)30(23-11-4-3-5-12-23)31(38)32-25-16-18-26(39-2)19-17-25/h3-4,6-10,13-19,23,30H,5,11-12,20-21H2,1-2H3,(H,32,38). The summed E-state index contributed by atoms with van der Waals surface area (Å²) in [4.78, 5) is 29.9. The van der Waals surface area contributed by atoms with E-state index in [4.69, 9.17) is 4.74 Å². The van der Waals surface area contributed by atoms with Crippen molar-refractivity contribution in [2.24, 2.45) is 5.92 Å². The number of aryl methyl sites for hydroxylation is 1. The highest BCUT2D eigenvalue weighted by molar-refractivity contribution is 5.97. The number of allylic oxidation sites excluding steroid dienone is 2. The molecular weight excluding hydrogens is 490 g/mol. The van der Waals surface area contributed by atoms with E-state index in [-0.39, 0.29) is 24.3 Å². The summed E-state index contributed by atoms with van der Waals surface area (Å²) >= 11 is 0. The van der Waals surface area contributed by atoms with E-state index in [0.717, 1.165) is 41.4 Å². The number of rotatable bonds is 9. The van der Waals surface area contributed by atoms with Gasteiger partial charge in [-0.25, -0.2) is 4.68 Å². The zero-order valence-electron chi connectivity index (χ0n) is 22.3. The smallest absolute Gasteiger partial charge is 0.247 e. The number of methoxy groups -OCH3 is 1. The second-order valence-corrected chi connectivity index (χ2v) is 9.89. The minimum atomic E-state index is -0.668. The quantitative estimate of drug-likeness (QED) is 0.307. The van der Waals surface area contributed by atoms with Crippen LogP contribution in [0.25, 0.3) is 11.0 Å². The van der Waals surface area contributed by atoms with E-state index in [1.807, 2.05) is 67.6 Å². The van der Waals surface area contributed by atoms with Crippen LogP contribution < -0.4 is 10.1 Å². The topological polar surface area (TPSA) is 89.4 Å². The summed E-state index contributed by atoms with van der Waals surface area (Å²) in [5, 5.41) is 11.5. The van der Waals surface area contributed by atoms with Crippen molar-refractivity contribution in [3.8, 4) is 5.75 Å². The molecular formula is C31H33N5O3. The van der Waals surface area contributed by atoms with Crippen molar-refractivity contribution < 1.29 is 14.3 Å². The number of aromatic nitrogens is 3. The number of nitrogens with one attached hydrogen (secondary N) is 1. The van der Waals surface area contributed by atoms with Gasteiger partial charge in [0.1, 0.15) is 23.9 Å². The number of carbonyl (C=O) groups excluding carboxylic acids is 2. The zero-order chi connectivity index (χ0) is 27.2. The van der Waals surface area contributed by atoms with E-state index >= 15 is 0 Å². The monoisotopic (exact) mass is 523 g/mol. The summed E-state index contributed by atoms with van der Waals surface area (Å²) in [5.41, 5.74) is 4.23. The third kappa shape index (κ3) is 6.00. The lowest BCUT2D eigenvalue weighted by atomic mass is 9.85. The first-order valence-corrected chi connectivity index (χ1v) is 13.3. The van der Waals surface area contributed by atoms with Crippen LogP contribution in [0.4, 0.5) is 5.69 Å². The molecule has 200 valence electrons. The van der Waals surface area contributed by atoms with Gasteiger partial charge in [0.15, 0.2) is 0 Å². The number of ether oxygens (including phenoxy) is 1. The van der Waals surface area contributed by atoms with Gasteiger partial charge in [-0.05, 0) is 79.6 Å². The maximum absolute atomic E-state index is 14.1. The van der Waals surface area contributed by atoms with Gasteiger partial charge in [-0.1, -0.05) is 53.8 Å². The van der Waals surface area contributed by atoms with Gasteiger partial charge in [-0.3, -0.25) is 9.59 Å². The molecule has 0 fully saturated rings. The first-order valence-electron chi connectivity index (χ1n) is 13.3. The number of anilines is 1. The molecule has 5 rings (SSSR count). The summed E-state index contributed by atoms with van der Waals surface area (Å²) < 4.78 is 6.87. The van der Waals surface area contributed by atoms with Crippen molar-refractivity contribution in [2.75, 3.05) is 12.4 Å². The average molecular weight is 524 g/mol. The van der Waals surface area contributed by atoms with E-state index in [9.17, 15) is 9.59 Å². The molecule has 8 heteroatoms. The Kier molecular flexibility index (Phi) is 8.01. The molecule has 1 aromatic heterocycles. The van der Waals surface area contributed by atoms with Crippen LogP contribution in [0.2, 0.25) is 0 Å². The summed E-state index contributed by atoms with van der Waals surface area (Å²) in [5.74, 6) is 0.302. The number of nitrogens with zero attached hydrogens (tertiary/aromatic N) is 4. The van der Waals surface area contributed by atoms with Crippen molar-refractivity contribution in [2.45, 2.75) is 45.3 Å². The predicted molar refractivity (Wildman–Crippen MR) is 151 cm³/mol. The number of amides is 2. The average Bonchev–Trinajstić information content (AvgIpc) is 3.37. The first-order chi connectivity index (χ1) is 19.0. The molecule has 8 nitrogen and oxygen atoms in total. The third-order valence-electron chi connectivity index (χ3n) is 7.35. The van der Waals surface area contributed by atoms with Gasteiger partial charge in [-0.15, -0.1) is 5.10 Å². The molecule has 0 saturated carbocycles. The Hall–Kier alpha value is -4.46. The first kappa shape index (κ1) is 26.2. The zero-order valence-corrected chi connectivity index (χ0v) is 22.3. The molecule has 39 heavy (non-hydrogen) atoms. The second kappa shape index (κ2) is 11.9. The number of carbonyl (C=O) groups is 2. The Morgan fingerprint density at radius 2 is 1.82 bits per heavy atom. The summed E-state index contributed by atoms with van der Waals surface area (Å²) in [6, 6.07) is 22.1. The highest BCUT2D eigenvalue weighted by atomic mass is 16.5. The van der Waals surface area contributed by atoms with Crippen LogP contribution in [0.1, 0.15) is 30.4 Å². The molecule has 1 N–H and O–H groups in total. The summed E-state index contributed by atoms with van der Waals surface area (Å²) in [7, 11) is 1.60. The number of hydrogen-bond donors (Lipinski definition) is 1. The van der Waals surface area contributed by atoms with Crippen LogP contribution >= 0.6 is 0 Å². The molecule has 0 bridgehead atoms. The van der Waals surface area contributed by atoms with E-state index in [2.05, 4.69) is 27.8 Å². The normalized spacial score (nSPS) is 15.6. The fourth-order valence-corrected chi connectivity index (χ4v) is 5.17. The minimum absolute atomic E-state index is 0.0126. The van der Waals surface area contributed by atoms with E-state index < -0.39 is 6.04 Å². The molecule has 3 aromatic carbocycles. The largest absolute Gasteiger partial charge is 0.497 e. The second-order valence-electron chi connectivity index (χ2n) is 9.89. The van der Waals surface area contributed by atoms with Crippen molar-refractivity contribution in [3.63, 3.8) is 0 Å². The van der Waals surface area contributed by atoms with Crippen LogP contribution in [0.15, 0.2) is 84.9 Å². The van der Waals surface area contributed by atoms with E-state index in [1.165, 1.54) is 0 Å². The Bertz CT molecular complexity index is 1480. The van der Waals surface area contributed by atoms with Crippen molar-refractivity contribution in [1.29, 1.82) is 0 Å². The Labute approximate surface area is 228 Å². The van der Waals surface area contributed by atoms with Crippen LogP contribution in [0.5, 0.6) is 5.75 Å². The van der Waals surface area contributed by atoms with Gasteiger partial charge in [0.05, 0.1) is 12.6 Å². The third-order valence-corrected chi connectivity index (χ3v) is 7.35. The maximum Gasteiger partial charge on any atom is 0.247 e. The number of fused-ring (bicyclic) bond motifs is 1.